The van der Waals surface area contributed by atoms with E-state index >= 15 is 0 Å². The summed E-state index contributed by atoms with van der Waals surface area (Å²) in [6.45, 7) is 3.25. The maximum absolute atomic E-state index is 13.8. The van der Waals surface area contributed by atoms with Gasteiger partial charge in [0.1, 0.15) is 5.82 Å². The second kappa shape index (κ2) is 6.24. The van der Waals surface area contributed by atoms with E-state index in [0.29, 0.717) is 24.6 Å². The van der Waals surface area contributed by atoms with Gasteiger partial charge in [-0.15, -0.1) is 5.10 Å². The van der Waals surface area contributed by atoms with Crippen molar-refractivity contribution in [2.75, 3.05) is 18.5 Å². The van der Waals surface area contributed by atoms with Crippen LogP contribution in [0.25, 0.3) is 0 Å². The van der Waals surface area contributed by atoms with Crippen LogP contribution in [0.15, 0.2) is 36.4 Å². The number of halogens is 1. The average molecular weight is 260 g/mol. The van der Waals surface area contributed by atoms with Gasteiger partial charge in [-0.2, -0.15) is 5.10 Å². The highest BCUT2D eigenvalue weighted by Crippen LogP contribution is 2.25. The van der Waals surface area contributed by atoms with Crippen molar-refractivity contribution in [3.05, 3.63) is 47.9 Å². The van der Waals surface area contributed by atoms with Gasteiger partial charge in [0.15, 0.2) is 5.82 Å². The number of nitrogens with one attached hydrogen (secondary N) is 1. The largest absolute Gasteiger partial charge is 0.323 e. The maximum atomic E-state index is 13.8. The summed E-state index contributed by atoms with van der Waals surface area (Å²) in [5.41, 5.74) is 1.37. The van der Waals surface area contributed by atoms with Crippen LogP contribution < -0.4 is 10.2 Å². The number of rotatable bonds is 5. The molecule has 1 aromatic carbocycles. The number of anilines is 2. The summed E-state index contributed by atoms with van der Waals surface area (Å²) < 4.78 is 13.8. The van der Waals surface area contributed by atoms with Gasteiger partial charge >= 0.3 is 0 Å². The standard InChI is InChI=1S/C14H17FN4/c1-3-19(13-7-5-4-6-12(13)15)14-9-8-11(10-16-2)17-18-14/h4-9,16H,3,10H2,1-2H3. The highest BCUT2D eigenvalue weighted by Gasteiger charge is 2.12. The lowest BCUT2D eigenvalue weighted by atomic mass is 10.2. The molecule has 0 saturated heterocycles. The van der Waals surface area contributed by atoms with E-state index in [-0.39, 0.29) is 5.82 Å². The second-order valence-corrected chi connectivity index (χ2v) is 4.11. The number of hydrogen-bond acceptors (Lipinski definition) is 4. The van der Waals surface area contributed by atoms with E-state index in [0.717, 1.165) is 5.69 Å². The van der Waals surface area contributed by atoms with Gasteiger partial charge in [0.05, 0.1) is 11.4 Å². The predicted octanol–water partition coefficient (Wildman–Crippen LogP) is 2.49. The minimum atomic E-state index is -0.259. The van der Waals surface area contributed by atoms with Crippen molar-refractivity contribution in [2.24, 2.45) is 0 Å². The quantitative estimate of drug-likeness (QED) is 0.896. The molecule has 1 N–H and O–H groups in total. The van der Waals surface area contributed by atoms with Crippen LogP contribution >= 0.6 is 0 Å². The van der Waals surface area contributed by atoms with E-state index in [1.54, 1.807) is 17.0 Å². The monoisotopic (exact) mass is 260 g/mol. The van der Waals surface area contributed by atoms with E-state index in [4.69, 9.17) is 0 Å². The van der Waals surface area contributed by atoms with Gasteiger partial charge in [0.2, 0.25) is 0 Å². The van der Waals surface area contributed by atoms with Crippen molar-refractivity contribution < 1.29 is 4.39 Å². The molecular weight excluding hydrogens is 243 g/mol. The molecule has 0 amide bonds. The summed E-state index contributed by atoms with van der Waals surface area (Å²) in [5, 5.41) is 11.3. The van der Waals surface area contributed by atoms with Crippen molar-refractivity contribution in [3.8, 4) is 0 Å². The molecule has 19 heavy (non-hydrogen) atoms. The van der Waals surface area contributed by atoms with E-state index in [1.807, 2.05) is 32.2 Å². The first-order valence-corrected chi connectivity index (χ1v) is 6.25. The highest BCUT2D eigenvalue weighted by atomic mass is 19.1. The lowest BCUT2D eigenvalue weighted by Crippen LogP contribution is -2.19. The molecule has 0 aliphatic heterocycles. The fraction of sp³-hybridized carbons (Fsp3) is 0.286. The van der Waals surface area contributed by atoms with Crippen LogP contribution in [0, 0.1) is 5.82 Å². The Morgan fingerprint density at radius 1 is 1.16 bits per heavy atom. The molecule has 0 atom stereocenters. The van der Waals surface area contributed by atoms with Crippen molar-refractivity contribution in [1.82, 2.24) is 15.5 Å². The third-order valence-electron chi connectivity index (χ3n) is 2.80. The molecule has 5 heteroatoms. The summed E-state index contributed by atoms with van der Waals surface area (Å²) >= 11 is 0. The number of para-hydroxylation sites is 1. The molecule has 4 nitrogen and oxygen atoms in total. The molecule has 0 radical (unpaired) electrons. The SMILES string of the molecule is CCN(c1ccc(CNC)nn1)c1ccccc1F. The van der Waals surface area contributed by atoms with Crippen LogP contribution in [-0.4, -0.2) is 23.8 Å². The van der Waals surface area contributed by atoms with E-state index < -0.39 is 0 Å². The molecule has 0 bridgehead atoms. The van der Waals surface area contributed by atoms with Crippen molar-refractivity contribution in [3.63, 3.8) is 0 Å². The third-order valence-corrected chi connectivity index (χ3v) is 2.80. The highest BCUT2D eigenvalue weighted by molar-refractivity contribution is 5.59. The van der Waals surface area contributed by atoms with Gasteiger partial charge in [0.25, 0.3) is 0 Å². The van der Waals surface area contributed by atoms with Gasteiger partial charge in [-0.3, -0.25) is 0 Å². The van der Waals surface area contributed by atoms with E-state index in [2.05, 4.69) is 15.5 Å². The van der Waals surface area contributed by atoms with E-state index in [9.17, 15) is 4.39 Å². The van der Waals surface area contributed by atoms with Crippen molar-refractivity contribution >= 4 is 11.5 Å². The maximum Gasteiger partial charge on any atom is 0.155 e. The predicted molar refractivity (Wildman–Crippen MR) is 73.9 cm³/mol. The Morgan fingerprint density at radius 3 is 2.53 bits per heavy atom. The van der Waals surface area contributed by atoms with Crippen molar-refractivity contribution in [1.29, 1.82) is 0 Å². The van der Waals surface area contributed by atoms with Gasteiger partial charge in [-0.1, -0.05) is 12.1 Å². The first-order chi connectivity index (χ1) is 9.26. The summed E-state index contributed by atoms with van der Waals surface area (Å²) in [6, 6.07) is 10.4. The van der Waals surface area contributed by atoms with Crippen LogP contribution in [0.1, 0.15) is 12.6 Å². The normalized spacial score (nSPS) is 10.5. The summed E-state index contributed by atoms with van der Waals surface area (Å²) in [6.07, 6.45) is 0. The van der Waals surface area contributed by atoms with Gasteiger partial charge < -0.3 is 10.2 Å². The summed E-state index contributed by atoms with van der Waals surface area (Å²) in [4.78, 5) is 1.80. The molecule has 0 aliphatic rings. The van der Waals surface area contributed by atoms with Crippen LogP contribution in [0.5, 0.6) is 0 Å². The van der Waals surface area contributed by atoms with Crippen LogP contribution in [-0.2, 0) is 6.54 Å². The third kappa shape index (κ3) is 3.06. The second-order valence-electron chi connectivity index (χ2n) is 4.11. The molecule has 1 heterocycles. The molecule has 0 unspecified atom stereocenters. The molecule has 0 aliphatic carbocycles. The average Bonchev–Trinajstić information content (AvgIpc) is 2.44. The zero-order valence-corrected chi connectivity index (χ0v) is 11.1. The topological polar surface area (TPSA) is 41.0 Å². The number of hydrogen-bond donors (Lipinski definition) is 1. The zero-order valence-electron chi connectivity index (χ0n) is 11.1. The molecular formula is C14H17FN4. The lowest BCUT2D eigenvalue weighted by Gasteiger charge is -2.22. The van der Waals surface area contributed by atoms with Gasteiger partial charge in [-0.05, 0) is 38.2 Å². The lowest BCUT2D eigenvalue weighted by molar-refractivity contribution is 0.625. The molecule has 0 saturated carbocycles. The minimum absolute atomic E-state index is 0.259. The van der Waals surface area contributed by atoms with Crippen molar-refractivity contribution in [2.45, 2.75) is 13.5 Å². The molecule has 2 rings (SSSR count). The van der Waals surface area contributed by atoms with Crippen LogP contribution in [0.2, 0.25) is 0 Å². The van der Waals surface area contributed by atoms with Crippen LogP contribution in [0.3, 0.4) is 0 Å². The molecule has 0 spiro atoms. The summed E-state index contributed by atoms with van der Waals surface area (Å²) in [7, 11) is 1.85. The Hall–Kier alpha value is -2.01. The van der Waals surface area contributed by atoms with Gasteiger partial charge in [0, 0.05) is 13.1 Å². The Morgan fingerprint density at radius 2 is 1.95 bits per heavy atom. The van der Waals surface area contributed by atoms with Gasteiger partial charge in [-0.25, -0.2) is 4.39 Å². The fourth-order valence-corrected chi connectivity index (χ4v) is 1.90. The first kappa shape index (κ1) is 13.4. The molecule has 2 aromatic rings. The van der Waals surface area contributed by atoms with Crippen LogP contribution in [0.4, 0.5) is 15.9 Å². The minimum Gasteiger partial charge on any atom is -0.323 e. The molecule has 0 fully saturated rings. The summed E-state index contributed by atoms with van der Waals surface area (Å²) in [5.74, 6) is 0.387. The number of nitrogens with zero attached hydrogens (tertiary/aromatic N) is 3. The zero-order chi connectivity index (χ0) is 13.7. The Labute approximate surface area is 112 Å². The number of benzene rings is 1. The molecule has 100 valence electrons. The Kier molecular flexibility index (Phi) is 4.41. The van der Waals surface area contributed by atoms with E-state index in [1.165, 1.54) is 6.07 Å². The Bertz CT molecular complexity index is 527. The Balaban J connectivity index is 2.29. The fourth-order valence-electron chi connectivity index (χ4n) is 1.90. The number of aromatic nitrogens is 2. The molecule has 1 aromatic heterocycles. The first-order valence-electron chi connectivity index (χ1n) is 6.25. The smallest absolute Gasteiger partial charge is 0.155 e.